The molecule has 0 aromatic rings. The van der Waals surface area contributed by atoms with Crippen LogP contribution in [0, 0.1) is 22.2 Å². The van der Waals surface area contributed by atoms with E-state index in [4.69, 9.17) is 28.4 Å². The number of nitrogens with one attached hydrogen (secondary N) is 1. The zero-order valence-electron chi connectivity index (χ0n) is 35.7. The highest BCUT2D eigenvalue weighted by atomic mass is 16.6. The molecule has 0 radical (unpaired) electrons. The predicted molar refractivity (Wildman–Crippen MR) is 203 cm³/mol. The number of aliphatic hydroxyl groups is 3. The Bertz CT molecular complexity index is 1710. The van der Waals surface area contributed by atoms with E-state index >= 15 is 4.79 Å². The van der Waals surface area contributed by atoms with Crippen LogP contribution in [0.5, 0.6) is 0 Å². The normalized spacial score (nSPS) is 39.2. The Labute approximate surface area is 340 Å². The van der Waals surface area contributed by atoms with Crippen molar-refractivity contribution in [2.24, 2.45) is 22.2 Å². The molecule has 3 aliphatic carbocycles. The molecule has 16 heteroatoms. The van der Waals surface area contributed by atoms with E-state index in [1.165, 1.54) is 13.8 Å². The summed E-state index contributed by atoms with van der Waals surface area (Å²) in [5.74, 6) is -5.83. The van der Waals surface area contributed by atoms with Gasteiger partial charge in [0.15, 0.2) is 23.6 Å². The fourth-order valence-corrected chi connectivity index (χ4v) is 10.2. The Morgan fingerprint density at radius 1 is 0.931 bits per heavy atom. The number of carbonyl (C=O) groups is 6. The van der Waals surface area contributed by atoms with E-state index in [2.05, 4.69) is 5.32 Å². The second-order valence-electron chi connectivity index (χ2n) is 19.5. The number of aliphatic hydroxyl groups excluding tert-OH is 2. The zero-order chi connectivity index (χ0) is 43.6. The molecule has 3 bridgehead atoms. The quantitative estimate of drug-likeness (QED) is 0.181. The van der Waals surface area contributed by atoms with Gasteiger partial charge in [-0.1, -0.05) is 47.0 Å². The maximum atomic E-state index is 15.4. The first-order valence-corrected chi connectivity index (χ1v) is 20.3. The summed E-state index contributed by atoms with van der Waals surface area (Å²) in [5, 5.41) is 39.8. The first-order valence-electron chi connectivity index (χ1n) is 20.3. The predicted octanol–water partition coefficient (Wildman–Crippen LogP) is 3.52. The zero-order valence-corrected chi connectivity index (χ0v) is 35.7. The Kier molecular flexibility index (Phi) is 12.4. The molecule has 2 aliphatic heterocycles. The van der Waals surface area contributed by atoms with Crippen LogP contribution in [-0.4, -0.2) is 117 Å². The van der Waals surface area contributed by atoms with Crippen LogP contribution >= 0.6 is 0 Å². The van der Waals surface area contributed by atoms with Gasteiger partial charge >= 0.3 is 30.0 Å². The molecule has 2 heterocycles. The lowest BCUT2D eigenvalue weighted by Gasteiger charge is -2.67. The van der Waals surface area contributed by atoms with Crippen molar-refractivity contribution in [2.45, 2.75) is 187 Å². The summed E-state index contributed by atoms with van der Waals surface area (Å²) in [6.07, 6.45) is -8.57. The molecule has 4 N–H and O–H groups in total. The molecule has 11 unspecified atom stereocenters. The van der Waals surface area contributed by atoms with Crippen LogP contribution in [0.4, 0.5) is 4.79 Å². The standard InChI is InChI=1S/C42H63NO15/c1-21-25-18-42(52)34(56-28(47)19-38(7,8)16-14-12-13-15-24(30(48)35(50)55-25)43-36(51)58-37(4,5)6)32-40(11,26(46)17-27-41(32,20-53-27)57-23(3)45)33(49)31(54-22(2)44)29(21)39(42,9)10/h24-27,30-32,34,46,48,52H,12-20H2,1-11H3,(H,43,51). The average Bonchev–Trinajstić information content (AvgIpc) is 3.06. The van der Waals surface area contributed by atoms with Crippen LogP contribution in [0.1, 0.15) is 128 Å². The second-order valence-corrected chi connectivity index (χ2v) is 19.5. The van der Waals surface area contributed by atoms with E-state index in [0.717, 1.165) is 6.92 Å². The Morgan fingerprint density at radius 2 is 1.59 bits per heavy atom. The van der Waals surface area contributed by atoms with Crippen LogP contribution in [-0.2, 0) is 52.4 Å². The van der Waals surface area contributed by atoms with Gasteiger partial charge in [0.1, 0.15) is 29.5 Å². The van der Waals surface area contributed by atoms with Gasteiger partial charge in [-0.3, -0.25) is 19.2 Å². The maximum absolute atomic E-state index is 15.4. The number of rotatable bonds is 3. The van der Waals surface area contributed by atoms with E-state index in [0.29, 0.717) is 25.7 Å². The summed E-state index contributed by atoms with van der Waals surface area (Å²) in [7, 11) is 0. The molecule has 2 saturated carbocycles. The average molecular weight is 822 g/mol. The number of Topliss-reactive ketones (excluding diaryl/α,β-unsaturated/α-hetero) is 1. The molecule has 11 atom stereocenters. The van der Waals surface area contributed by atoms with Crippen LogP contribution in [0.25, 0.3) is 0 Å². The van der Waals surface area contributed by atoms with E-state index in [1.54, 1.807) is 41.5 Å². The third-order valence-electron chi connectivity index (χ3n) is 13.3. The lowest BCUT2D eigenvalue weighted by molar-refractivity contribution is -0.347. The molecule has 0 aromatic heterocycles. The van der Waals surface area contributed by atoms with Gasteiger partial charge in [0, 0.05) is 32.1 Å². The Balaban J connectivity index is 1.76. The molecule has 0 spiro atoms. The summed E-state index contributed by atoms with van der Waals surface area (Å²) in [6, 6.07) is -1.15. The smallest absolute Gasteiger partial charge is 0.407 e. The number of esters is 4. The molecule has 326 valence electrons. The summed E-state index contributed by atoms with van der Waals surface area (Å²) >= 11 is 0. The van der Waals surface area contributed by atoms with Crippen molar-refractivity contribution in [1.29, 1.82) is 0 Å². The first-order chi connectivity index (χ1) is 26.6. The summed E-state index contributed by atoms with van der Waals surface area (Å²) in [4.78, 5) is 82.6. The van der Waals surface area contributed by atoms with Crippen molar-refractivity contribution in [2.75, 3.05) is 6.61 Å². The number of ether oxygens (including phenoxy) is 6. The van der Waals surface area contributed by atoms with E-state index in [1.807, 2.05) is 13.8 Å². The van der Waals surface area contributed by atoms with Gasteiger partial charge < -0.3 is 49.1 Å². The summed E-state index contributed by atoms with van der Waals surface area (Å²) in [5.41, 5.74) is -8.90. The van der Waals surface area contributed by atoms with Crippen molar-refractivity contribution < 1.29 is 72.5 Å². The third-order valence-corrected chi connectivity index (χ3v) is 13.3. The number of ketones is 1. The topological polar surface area (TPSA) is 231 Å². The number of amides is 1. The SMILES string of the molecule is CC(=O)OC1C(=O)C2(C)C(O)CC3OCC3(OC(C)=O)C2C2OC(=O)CC(C)(C)CCCCCC(NC(=O)OC(C)(C)C)C(O)C(=O)OC3CC2(O)C(C)(C)C1=C3C. The van der Waals surface area contributed by atoms with Gasteiger partial charge in [-0.15, -0.1) is 0 Å². The van der Waals surface area contributed by atoms with Gasteiger partial charge in [-0.05, 0) is 64.0 Å². The first kappa shape index (κ1) is 45.5. The molecule has 1 amide bonds. The number of hydrogen-bond acceptors (Lipinski definition) is 15. The number of hydrogen-bond donors (Lipinski definition) is 4. The van der Waals surface area contributed by atoms with Crippen LogP contribution in [0.3, 0.4) is 0 Å². The summed E-state index contributed by atoms with van der Waals surface area (Å²) in [6.45, 7) is 16.9. The molecule has 0 aromatic carbocycles. The molecule has 2 saturated heterocycles. The van der Waals surface area contributed by atoms with Crippen molar-refractivity contribution in [1.82, 2.24) is 5.32 Å². The monoisotopic (exact) mass is 821 g/mol. The highest BCUT2D eigenvalue weighted by Crippen LogP contribution is 2.64. The highest BCUT2D eigenvalue weighted by molar-refractivity contribution is 5.95. The minimum absolute atomic E-state index is 0.0388. The molecular formula is C42H63NO15. The number of fused-ring (bicyclic) bond motifs is 6. The van der Waals surface area contributed by atoms with Crippen LogP contribution in [0.15, 0.2) is 11.1 Å². The van der Waals surface area contributed by atoms with Crippen LogP contribution in [0.2, 0.25) is 0 Å². The minimum Gasteiger partial charge on any atom is -0.459 e. The molecule has 4 fully saturated rings. The van der Waals surface area contributed by atoms with Crippen molar-refractivity contribution in [3.05, 3.63) is 11.1 Å². The number of carbonyl (C=O) groups excluding carboxylic acids is 6. The highest BCUT2D eigenvalue weighted by Gasteiger charge is 2.78. The van der Waals surface area contributed by atoms with Gasteiger partial charge in [0.2, 0.25) is 0 Å². The second kappa shape index (κ2) is 15.8. The van der Waals surface area contributed by atoms with Gasteiger partial charge in [-0.2, -0.15) is 0 Å². The van der Waals surface area contributed by atoms with E-state index in [-0.39, 0.29) is 37.0 Å². The van der Waals surface area contributed by atoms with Gasteiger partial charge in [0.05, 0.1) is 36.5 Å². The fraction of sp³-hybridized carbons (Fsp3) is 0.810. The summed E-state index contributed by atoms with van der Waals surface area (Å²) < 4.78 is 35.7. The van der Waals surface area contributed by atoms with Crippen molar-refractivity contribution in [3.8, 4) is 0 Å². The molecule has 5 rings (SSSR count). The largest absolute Gasteiger partial charge is 0.459 e. The van der Waals surface area contributed by atoms with E-state index < -0.39 is 124 Å². The van der Waals surface area contributed by atoms with Gasteiger partial charge in [-0.25, -0.2) is 9.59 Å². The van der Waals surface area contributed by atoms with E-state index in [9.17, 15) is 39.3 Å². The fourth-order valence-electron chi connectivity index (χ4n) is 10.2. The van der Waals surface area contributed by atoms with Crippen molar-refractivity contribution in [3.63, 3.8) is 0 Å². The molecule has 5 aliphatic rings. The lowest BCUT2D eigenvalue weighted by Crippen LogP contribution is -2.82. The Morgan fingerprint density at radius 3 is 2.16 bits per heavy atom. The van der Waals surface area contributed by atoms with Gasteiger partial charge in [0.25, 0.3) is 0 Å². The Hall–Kier alpha value is -3.60. The molecule has 58 heavy (non-hydrogen) atoms. The number of alkyl carbamates (subject to hydrolysis) is 1. The van der Waals surface area contributed by atoms with Crippen LogP contribution < -0.4 is 5.32 Å². The lowest BCUT2D eigenvalue weighted by atomic mass is 9.44. The minimum atomic E-state index is -2.31. The maximum Gasteiger partial charge on any atom is 0.407 e. The van der Waals surface area contributed by atoms with Crippen molar-refractivity contribution >= 4 is 35.8 Å². The molecular weight excluding hydrogens is 758 g/mol. The third kappa shape index (κ3) is 8.14. The molecule has 16 nitrogen and oxygen atoms in total.